The lowest BCUT2D eigenvalue weighted by Gasteiger charge is -2.12. The van der Waals surface area contributed by atoms with Crippen LogP contribution in [0.15, 0.2) is 83.7 Å². The highest BCUT2D eigenvalue weighted by Gasteiger charge is 2.06. The first-order chi connectivity index (χ1) is 10.8. The molecule has 0 unspecified atom stereocenters. The maximum Gasteiger partial charge on any atom is 0.251 e. The SMILES string of the molecule is O=c1ccc2c3ccccc3ccc2n1Cc1ccccc1. The summed E-state index contributed by atoms with van der Waals surface area (Å²) >= 11 is 0. The quantitative estimate of drug-likeness (QED) is 0.506. The molecule has 1 heterocycles. The molecule has 106 valence electrons. The minimum atomic E-state index is 0.0339. The van der Waals surface area contributed by atoms with Crippen molar-refractivity contribution >= 4 is 21.7 Å². The van der Waals surface area contributed by atoms with E-state index in [9.17, 15) is 4.79 Å². The van der Waals surface area contributed by atoms with E-state index in [1.165, 1.54) is 10.8 Å². The van der Waals surface area contributed by atoms with Crippen molar-refractivity contribution in [3.63, 3.8) is 0 Å². The summed E-state index contributed by atoms with van der Waals surface area (Å²) in [4.78, 5) is 12.3. The summed E-state index contributed by atoms with van der Waals surface area (Å²) in [5.41, 5.74) is 2.15. The normalized spacial score (nSPS) is 11.1. The second kappa shape index (κ2) is 5.15. The molecule has 4 aromatic rings. The summed E-state index contributed by atoms with van der Waals surface area (Å²) in [6.07, 6.45) is 0. The Hall–Kier alpha value is -2.87. The molecule has 0 N–H and O–H groups in total. The first kappa shape index (κ1) is 12.8. The second-order valence-electron chi connectivity index (χ2n) is 5.46. The minimum absolute atomic E-state index is 0.0339. The van der Waals surface area contributed by atoms with Crippen molar-refractivity contribution in [3.05, 3.63) is 94.8 Å². The van der Waals surface area contributed by atoms with Crippen molar-refractivity contribution in [1.82, 2.24) is 4.57 Å². The molecule has 0 amide bonds. The highest BCUT2D eigenvalue weighted by atomic mass is 16.1. The number of hydrogen-bond donors (Lipinski definition) is 0. The standard InChI is InChI=1S/C20H15NO/c22-20-13-11-18-17-9-5-4-8-16(17)10-12-19(18)21(20)14-15-6-2-1-3-7-15/h1-13H,14H2. The fourth-order valence-corrected chi connectivity index (χ4v) is 2.99. The molecule has 0 fully saturated rings. The molecule has 2 nitrogen and oxygen atoms in total. The van der Waals surface area contributed by atoms with E-state index in [-0.39, 0.29) is 5.56 Å². The smallest absolute Gasteiger partial charge is 0.251 e. The van der Waals surface area contributed by atoms with E-state index in [4.69, 9.17) is 0 Å². The largest absolute Gasteiger partial charge is 0.304 e. The number of rotatable bonds is 2. The van der Waals surface area contributed by atoms with Gasteiger partial charge in [0.2, 0.25) is 0 Å². The summed E-state index contributed by atoms with van der Waals surface area (Å²) in [7, 11) is 0. The molecule has 4 rings (SSSR count). The molecule has 0 aliphatic rings. The summed E-state index contributed by atoms with van der Waals surface area (Å²) < 4.78 is 1.84. The lowest BCUT2D eigenvalue weighted by atomic mass is 10.0. The van der Waals surface area contributed by atoms with Gasteiger partial charge < -0.3 is 4.57 Å². The molecule has 1 aromatic heterocycles. The van der Waals surface area contributed by atoms with Crippen LogP contribution in [0.4, 0.5) is 0 Å². The fraction of sp³-hybridized carbons (Fsp3) is 0.0500. The second-order valence-corrected chi connectivity index (χ2v) is 5.46. The fourth-order valence-electron chi connectivity index (χ4n) is 2.99. The van der Waals surface area contributed by atoms with Crippen molar-refractivity contribution in [3.8, 4) is 0 Å². The zero-order valence-electron chi connectivity index (χ0n) is 12.1. The molecule has 0 radical (unpaired) electrons. The van der Waals surface area contributed by atoms with Gasteiger partial charge in [0, 0.05) is 11.5 Å². The average Bonchev–Trinajstić information content (AvgIpc) is 2.58. The van der Waals surface area contributed by atoms with Gasteiger partial charge in [-0.3, -0.25) is 4.79 Å². The maximum absolute atomic E-state index is 12.3. The number of hydrogen-bond acceptors (Lipinski definition) is 1. The van der Waals surface area contributed by atoms with E-state index in [1.807, 2.05) is 59.2 Å². The zero-order chi connectivity index (χ0) is 14.9. The summed E-state index contributed by atoms with van der Waals surface area (Å²) in [5, 5.41) is 3.50. The highest BCUT2D eigenvalue weighted by Crippen LogP contribution is 2.24. The molecule has 22 heavy (non-hydrogen) atoms. The van der Waals surface area contributed by atoms with Gasteiger partial charge in [0.25, 0.3) is 5.56 Å². The summed E-state index contributed by atoms with van der Waals surface area (Å²) in [5.74, 6) is 0. The van der Waals surface area contributed by atoms with Crippen molar-refractivity contribution < 1.29 is 0 Å². The van der Waals surface area contributed by atoms with E-state index < -0.39 is 0 Å². The number of fused-ring (bicyclic) bond motifs is 3. The van der Waals surface area contributed by atoms with Gasteiger partial charge in [-0.15, -0.1) is 0 Å². The van der Waals surface area contributed by atoms with Crippen LogP contribution in [-0.2, 0) is 6.54 Å². The first-order valence-corrected chi connectivity index (χ1v) is 7.38. The predicted octanol–water partition coefficient (Wildman–Crippen LogP) is 4.20. The first-order valence-electron chi connectivity index (χ1n) is 7.38. The summed E-state index contributed by atoms with van der Waals surface area (Å²) in [6, 6.07) is 26.1. The molecule has 0 saturated heterocycles. The Bertz CT molecular complexity index is 1020. The van der Waals surface area contributed by atoms with Gasteiger partial charge in [-0.2, -0.15) is 0 Å². The Morgan fingerprint density at radius 3 is 2.32 bits per heavy atom. The number of aromatic nitrogens is 1. The van der Waals surface area contributed by atoms with Crippen molar-refractivity contribution in [2.24, 2.45) is 0 Å². The molecular weight excluding hydrogens is 270 g/mol. The molecule has 2 heteroatoms. The Morgan fingerprint density at radius 2 is 1.45 bits per heavy atom. The van der Waals surface area contributed by atoms with E-state index in [0.717, 1.165) is 16.5 Å². The summed E-state index contributed by atoms with van der Waals surface area (Å²) in [6.45, 7) is 0.593. The van der Waals surface area contributed by atoms with Crippen LogP contribution in [0.25, 0.3) is 21.7 Å². The Morgan fingerprint density at radius 1 is 0.682 bits per heavy atom. The van der Waals surface area contributed by atoms with Gasteiger partial charge in [-0.25, -0.2) is 0 Å². The van der Waals surface area contributed by atoms with Gasteiger partial charge in [0.1, 0.15) is 0 Å². The third kappa shape index (κ3) is 2.09. The van der Waals surface area contributed by atoms with Crippen LogP contribution in [0.3, 0.4) is 0 Å². The Labute approximate surface area is 128 Å². The number of nitrogens with zero attached hydrogens (tertiary/aromatic N) is 1. The number of benzene rings is 3. The van der Waals surface area contributed by atoms with Crippen LogP contribution >= 0.6 is 0 Å². The molecular formula is C20H15NO. The molecule has 0 spiro atoms. The van der Waals surface area contributed by atoms with Crippen LogP contribution in [0.1, 0.15) is 5.56 Å². The van der Waals surface area contributed by atoms with Gasteiger partial charge in [-0.1, -0.05) is 60.7 Å². The van der Waals surface area contributed by atoms with Crippen LogP contribution in [-0.4, -0.2) is 4.57 Å². The molecule has 3 aromatic carbocycles. The molecule has 0 atom stereocenters. The lowest BCUT2D eigenvalue weighted by molar-refractivity contribution is 0.795. The Kier molecular flexibility index (Phi) is 3.01. The molecule has 0 bridgehead atoms. The molecule has 0 saturated carbocycles. The van der Waals surface area contributed by atoms with Gasteiger partial charge in [-0.05, 0) is 28.5 Å². The topological polar surface area (TPSA) is 22.0 Å². The minimum Gasteiger partial charge on any atom is -0.304 e. The van der Waals surface area contributed by atoms with Gasteiger partial charge >= 0.3 is 0 Å². The average molecular weight is 285 g/mol. The predicted molar refractivity (Wildman–Crippen MR) is 91.3 cm³/mol. The van der Waals surface area contributed by atoms with Crippen molar-refractivity contribution in [1.29, 1.82) is 0 Å². The van der Waals surface area contributed by atoms with E-state index in [1.54, 1.807) is 6.07 Å². The van der Waals surface area contributed by atoms with Gasteiger partial charge in [0.15, 0.2) is 0 Å². The van der Waals surface area contributed by atoms with Crippen LogP contribution in [0, 0.1) is 0 Å². The highest BCUT2D eigenvalue weighted by molar-refractivity contribution is 6.06. The zero-order valence-corrected chi connectivity index (χ0v) is 12.1. The van der Waals surface area contributed by atoms with E-state index in [2.05, 4.69) is 18.2 Å². The van der Waals surface area contributed by atoms with Crippen LogP contribution in [0.5, 0.6) is 0 Å². The van der Waals surface area contributed by atoms with Crippen LogP contribution < -0.4 is 5.56 Å². The van der Waals surface area contributed by atoms with E-state index >= 15 is 0 Å². The third-order valence-corrected chi connectivity index (χ3v) is 4.08. The lowest BCUT2D eigenvalue weighted by Crippen LogP contribution is -2.19. The molecule has 0 aliphatic carbocycles. The monoisotopic (exact) mass is 285 g/mol. The van der Waals surface area contributed by atoms with Gasteiger partial charge in [0.05, 0.1) is 12.1 Å². The van der Waals surface area contributed by atoms with Crippen molar-refractivity contribution in [2.75, 3.05) is 0 Å². The number of pyridine rings is 1. The van der Waals surface area contributed by atoms with Crippen LogP contribution in [0.2, 0.25) is 0 Å². The van der Waals surface area contributed by atoms with Crippen molar-refractivity contribution in [2.45, 2.75) is 6.54 Å². The van der Waals surface area contributed by atoms with E-state index in [0.29, 0.717) is 6.54 Å². The maximum atomic E-state index is 12.3. The Balaban J connectivity index is 1.99. The third-order valence-electron chi connectivity index (χ3n) is 4.08. The molecule has 0 aliphatic heterocycles.